The van der Waals surface area contributed by atoms with Gasteiger partial charge in [0.1, 0.15) is 0 Å². The Morgan fingerprint density at radius 2 is 2.18 bits per heavy atom. The van der Waals surface area contributed by atoms with Gasteiger partial charge in [-0.05, 0) is 42.0 Å². The zero-order chi connectivity index (χ0) is 12.3. The molecule has 0 bridgehead atoms. The molecule has 0 saturated carbocycles. The first-order chi connectivity index (χ1) is 8.19. The number of halogens is 1. The van der Waals surface area contributed by atoms with Crippen molar-refractivity contribution in [1.29, 1.82) is 0 Å². The first-order valence-electron chi connectivity index (χ1n) is 6.18. The summed E-state index contributed by atoms with van der Waals surface area (Å²) in [6.45, 7) is 4.04. The maximum atomic E-state index is 6.00. The van der Waals surface area contributed by atoms with Gasteiger partial charge in [-0.15, -0.1) is 0 Å². The van der Waals surface area contributed by atoms with Crippen LogP contribution in [0.3, 0.4) is 0 Å². The van der Waals surface area contributed by atoms with Gasteiger partial charge < -0.3 is 10.1 Å². The van der Waals surface area contributed by atoms with Gasteiger partial charge in [-0.2, -0.15) is 0 Å². The molecule has 2 atom stereocenters. The van der Waals surface area contributed by atoms with Crippen LogP contribution >= 0.6 is 11.6 Å². The van der Waals surface area contributed by atoms with Gasteiger partial charge in [0, 0.05) is 31.3 Å². The summed E-state index contributed by atoms with van der Waals surface area (Å²) >= 11 is 6.00. The number of nitrogens with one attached hydrogen (secondary N) is 1. The number of methoxy groups -OCH3 is 1. The van der Waals surface area contributed by atoms with Crippen LogP contribution < -0.4 is 5.32 Å². The van der Waals surface area contributed by atoms with Crippen molar-refractivity contribution in [3.05, 3.63) is 34.3 Å². The van der Waals surface area contributed by atoms with Gasteiger partial charge in [0.2, 0.25) is 0 Å². The summed E-state index contributed by atoms with van der Waals surface area (Å²) in [5.41, 5.74) is 2.83. The van der Waals surface area contributed by atoms with Crippen LogP contribution in [-0.4, -0.2) is 26.3 Å². The highest BCUT2D eigenvalue weighted by Gasteiger charge is 2.21. The van der Waals surface area contributed by atoms with E-state index >= 15 is 0 Å². The molecule has 0 saturated heterocycles. The van der Waals surface area contributed by atoms with E-state index in [0.717, 1.165) is 31.0 Å². The van der Waals surface area contributed by atoms with E-state index in [-0.39, 0.29) is 0 Å². The molecule has 0 amide bonds. The average Bonchev–Trinajstić information content (AvgIpc) is 2.68. The van der Waals surface area contributed by atoms with Gasteiger partial charge in [-0.25, -0.2) is 0 Å². The lowest BCUT2D eigenvalue weighted by atomic mass is 10.1. The van der Waals surface area contributed by atoms with Gasteiger partial charge >= 0.3 is 0 Å². The lowest BCUT2D eigenvalue weighted by Crippen LogP contribution is -2.34. The Labute approximate surface area is 108 Å². The minimum absolute atomic E-state index is 0.558. The summed E-state index contributed by atoms with van der Waals surface area (Å²) in [5, 5.41) is 4.45. The molecule has 1 aliphatic carbocycles. The number of hydrogen-bond donors (Lipinski definition) is 1. The molecule has 0 aliphatic heterocycles. The normalized spacial score (nSPS) is 20.3. The molecule has 94 valence electrons. The second-order valence-electron chi connectivity index (χ2n) is 4.99. The summed E-state index contributed by atoms with van der Waals surface area (Å²) in [4.78, 5) is 0. The van der Waals surface area contributed by atoms with Crippen LogP contribution in [0.5, 0.6) is 0 Å². The second-order valence-corrected chi connectivity index (χ2v) is 5.42. The molecule has 1 aromatic rings. The Hall–Kier alpha value is -0.570. The van der Waals surface area contributed by atoms with E-state index in [4.69, 9.17) is 16.3 Å². The highest BCUT2D eigenvalue weighted by molar-refractivity contribution is 6.30. The van der Waals surface area contributed by atoms with Crippen LogP contribution in [0.25, 0.3) is 0 Å². The van der Waals surface area contributed by atoms with Crippen molar-refractivity contribution in [2.45, 2.75) is 25.8 Å². The van der Waals surface area contributed by atoms with Crippen molar-refractivity contribution >= 4 is 11.6 Å². The number of fused-ring (bicyclic) bond motifs is 1. The lowest BCUT2D eigenvalue weighted by Gasteiger charge is -2.16. The SMILES string of the molecule is COCC(C)CNC1Cc2ccc(Cl)cc2C1. The zero-order valence-corrected chi connectivity index (χ0v) is 11.3. The van der Waals surface area contributed by atoms with Crippen LogP contribution in [0, 0.1) is 5.92 Å². The number of ether oxygens (including phenoxy) is 1. The monoisotopic (exact) mass is 253 g/mol. The van der Waals surface area contributed by atoms with E-state index in [0.29, 0.717) is 12.0 Å². The first-order valence-corrected chi connectivity index (χ1v) is 6.56. The van der Waals surface area contributed by atoms with E-state index in [2.05, 4.69) is 24.4 Å². The third-order valence-corrected chi connectivity index (χ3v) is 3.54. The summed E-state index contributed by atoms with van der Waals surface area (Å²) in [5.74, 6) is 0.562. The molecule has 2 unspecified atom stereocenters. The number of hydrogen-bond acceptors (Lipinski definition) is 2. The largest absolute Gasteiger partial charge is 0.384 e. The predicted molar refractivity (Wildman–Crippen MR) is 71.7 cm³/mol. The third-order valence-electron chi connectivity index (χ3n) is 3.31. The van der Waals surface area contributed by atoms with Crippen LogP contribution in [0.4, 0.5) is 0 Å². The molecule has 2 nitrogen and oxygen atoms in total. The molecule has 1 aromatic carbocycles. The Morgan fingerprint density at radius 1 is 1.41 bits per heavy atom. The highest BCUT2D eigenvalue weighted by atomic mass is 35.5. The van der Waals surface area contributed by atoms with Crippen molar-refractivity contribution in [3.8, 4) is 0 Å². The molecule has 0 radical (unpaired) electrons. The highest BCUT2D eigenvalue weighted by Crippen LogP contribution is 2.25. The Kier molecular flexibility index (Phi) is 4.43. The van der Waals surface area contributed by atoms with Crippen LogP contribution in [-0.2, 0) is 17.6 Å². The first kappa shape index (κ1) is 12.9. The van der Waals surface area contributed by atoms with Crippen molar-refractivity contribution < 1.29 is 4.74 Å². The summed E-state index contributed by atoms with van der Waals surface area (Å²) in [6, 6.07) is 6.79. The molecule has 0 spiro atoms. The summed E-state index contributed by atoms with van der Waals surface area (Å²) in [7, 11) is 1.75. The third kappa shape index (κ3) is 3.44. The van der Waals surface area contributed by atoms with Crippen LogP contribution in [0.2, 0.25) is 5.02 Å². The number of rotatable bonds is 5. The molecule has 3 heteroatoms. The maximum Gasteiger partial charge on any atom is 0.0499 e. The summed E-state index contributed by atoms with van der Waals surface area (Å²) in [6.07, 6.45) is 2.21. The predicted octanol–water partition coefficient (Wildman–Crippen LogP) is 2.68. The Morgan fingerprint density at radius 3 is 2.94 bits per heavy atom. The maximum absolute atomic E-state index is 6.00. The molecule has 2 rings (SSSR count). The fourth-order valence-electron chi connectivity index (χ4n) is 2.44. The van der Waals surface area contributed by atoms with E-state index in [1.807, 2.05) is 6.07 Å². The fourth-order valence-corrected chi connectivity index (χ4v) is 2.64. The van der Waals surface area contributed by atoms with Crippen molar-refractivity contribution in [1.82, 2.24) is 5.32 Å². The fraction of sp³-hybridized carbons (Fsp3) is 0.571. The average molecular weight is 254 g/mol. The van der Waals surface area contributed by atoms with E-state index < -0.39 is 0 Å². The number of benzene rings is 1. The van der Waals surface area contributed by atoms with Crippen molar-refractivity contribution in [3.63, 3.8) is 0 Å². The van der Waals surface area contributed by atoms with E-state index in [1.165, 1.54) is 11.1 Å². The molecule has 0 aromatic heterocycles. The van der Waals surface area contributed by atoms with E-state index in [1.54, 1.807) is 7.11 Å². The topological polar surface area (TPSA) is 21.3 Å². The zero-order valence-electron chi connectivity index (χ0n) is 10.5. The quantitative estimate of drug-likeness (QED) is 0.871. The molecular formula is C14H20ClNO. The van der Waals surface area contributed by atoms with Gasteiger partial charge in [0.05, 0.1) is 0 Å². The second kappa shape index (κ2) is 5.85. The molecule has 0 heterocycles. The molecular weight excluding hydrogens is 234 g/mol. The van der Waals surface area contributed by atoms with E-state index in [9.17, 15) is 0 Å². The van der Waals surface area contributed by atoms with Crippen LogP contribution in [0.1, 0.15) is 18.1 Å². The molecule has 1 aliphatic rings. The molecule has 0 fully saturated rings. The smallest absolute Gasteiger partial charge is 0.0499 e. The van der Waals surface area contributed by atoms with Gasteiger partial charge in [0.15, 0.2) is 0 Å². The lowest BCUT2D eigenvalue weighted by molar-refractivity contribution is 0.157. The minimum atomic E-state index is 0.558. The minimum Gasteiger partial charge on any atom is -0.384 e. The van der Waals surface area contributed by atoms with Crippen LogP contribution in [0.15, 0.2) is 18.2 Å². The van der Waals surface area contributed by atoms with Gasteiger partial charge in [-0.1, -0.05) is 24.6 Å². The standard InChI is InChI=1S/C14H20ClNO/c1-10(9-17-2)8-16-14-6-11-3-4-13(15)5-12(11)7-14/h3-5,10,14,16H,6-9H2,1-2H3. The van der Waals surface area contributed by atoms with Gasteiger partial charge in [0.25, 0.3) is 0 Å². The molecule has 1 N–H and O–H groups in total. The van der Waals surface area contributed by atoms with Gasteiger partial charge in [-0.3, -0.25) is 0 Å². The van der Waals surface area contributed by atoms with Crippen molar-refractivity contribution in [2.75, 3.05) is 20.3 Å². The summed E-state index contributed by atoms with van der Waals surface area (Å²) < 4.78 is 5.14. The Balaban J connectivity index is 1.84. The molecule has 17 heavy (non-hydrogen) atoms. The Bertz CT molecular complexity index is 380. The van der Waals surface area contributed by atoms with Crippen molar-refractivity contribution in [2.24, 2.45) is 5.92 Å².